The molecule has 0 fully saturated rings. The number of amides is 1. The van der Waals surface area contributed by atoms with Gasteiger partial charge >= 0.3 is 90.0 Å². The predicted molar refractivity (Wildman–Crippen MR) is 59.0 cm³/mol. The van der Waals surface area contributed by atoms with Crippen LogP contribution in [0.5, 0.6) is 0 Å². The van der Waals surface area contributed by atoms with Crippen molar-refractivity contribution in [2.75, 3.05) is 5.32 Å². The van der Waals surface area contributed by atoms with Crippen molar-refractivity contribution >= 4 is 31.0 Å². The van der Waals surface area contributed by atoms with E-state index in [9.17, 15) is 4.79 Å². The fraction of sp³-hybridized carbons (Fsp3) is 0.364. The second-order valence-corrected chi connectivity index (χ2v) is 6.25. The Morgan fingerprint density at radius 3 is 2.79 bits per heavy atom. The van der Waals surface area contributed by atoms with Gasteiger partial charge in [0.1, 0.15) is 0 Å². The summed E-state index contributed by atoms with van der Waals surface area (Å²) in [5.74, 6) is 0.627. The number of rotatable bonds is 1. The Morgan fingerprint density at radius 1 is 1.36 bits per heavy atom. The predicted octanol–water partition coefficient (Wildman–Crippen LogP) is 1.41. The summed E-state index contributed by atoms with van der Waals surface area (Å²) in [6, 6.07) is 8.09. The standard InChI is InChI=1S/C11H13NOSe/c1-7(2)10-11(13)12-8-5-3-4-6-9(8)14-10/h3-7,10H,1-2H3,(H,12,13). The molecule has 1 aliphatic rings. The van der Waals surface area contributed by atoms with E-state index in [2.05, 4.69) is 25.2 Å². The fourth-order valence-electron chi connectivity index (χ4n) is 1.51. The maximum atomic E-state index is 11.7. The number of para-hydroxylation sites is 1. The van der Waals surface area contributed by atoms with Crippen molar-refractivity contribution < 1.29 is 4.79 Å². The van der Waals surface area contributed by atoms with Gasteiger partial charge in [-0.15, -0.1) is 0 Å². The zero-order chi connectivity index (χ0) is 10.1. The molecule has 3 heteroatoms. The normalized spacial score (nSPS) is 20.5. The van der Waals surface area contributed by atoms with Gasteiger partial charge in [0.05, 0.1) is 0 Å². The van der Waals surface area contributed by atoms with Crippen LogP contribution < -0.4 is 9.78 Å². The Kier molecular flexibility index (Phi) is 2.62. The third-order valence-electron chi connectivity index (χ3n) is 2.26. The SMILES string of the molecule is CC(C)C1[Se]c2ccccc2NC1=O. The maximum absolute atomic E-state index is 11.7. The van der Waals surface area contributed by atoms with Crippen LogP contribution in [0.15, 0.2) is 24.3 Å². The van der Waals surface area contributed by atoms with E-state index in [0.29, 0.717) is 5.92 Å². The van der Waals surface area contributed by atoms with Crippen molar-refractivity contribution in [3.8, 4) is 0 Å². The number of anilines is 1. The van der Waals surface area contributed by atoms with Crippen molar-refractivity contribution in [1.29, 1.82) is 0 Å². The molecule has 0 aromatic heterocycles. The molecule has 2 nitrogen and oxygen atoms in total. The Labute approximate surface area is 90.2 Å². The third-order valence-corrected chi connectivity index (χ3v) is 5.67. The number of benzene rings is 1. The average molecular weight is 254 g/mol. The van der Waals surface area contributed by atoms with E-state index >= 15 is 0 Å². The van der Waals surface area contributed by atoms with Crippen LogP contribution in [0.3, 0.4) is 0 Å². The molecule has 1 aromatic carbocycles. The van der Waals surface area contributed by atoms with Gasteiger partial charge in [-0.1, -0.05) is 0 Å². The van der Waals surface area contributed by atoms with Crippen molar-refractivity contribution in [3.05, 3.63) is 24.3 Å². The van der Waals surface area contributed by atoms with E-state index in [1.54, 1.807) is 0 Å². The quantitative estimate of drug-likeness (QED) is 0.754. The number of carbonyl (C=O) groups excluding carboxylic acids is 1. The van der Waals surface area contributed by atoms with Gasteiger partial charge in [-0.05, 0) is 0 Å². The monoisotopic (exact) mass is 255 g/mol. The fourth-order valence-corrected chi connectivity index (χ4v) is 3.84. The summed E-state index contributed by atoms with van der Waals surface area (Å²) in [5.41, 5.74) is 1.01. The van der Waals surface area contributed by atoms with Crippen LogP contribution in [-0.4, -0.2) is 20.9 Å². The molecule has 1 N–H and O–H groups in total. The van der Waals surface area contributed by atoms with Gasteiger partial charge in [0.15, 0.2) is 0 Å². The van der Waals surface area contributed by atoms with E-state index in [0.717, 1.165) is 5.69 Å². The van der Waals surface area contributed by atoms with Crippen LogP contribution in [0.25, 0.3) is 0 Å². The summed E-state index contributed by atoms with van der Waals surface area (Å²) in [7, 11) is 0. The number of nitrogens with one attached hydrogen (secondary N) is 1. The van der Waals surface area contributed by atoms with Crippen LogP contribution in [0.4, 0.5) is 5.69 Å². The van der Waals surface area contributed by atoms with Crippen LogP contribution in [-0.2, 0) is 4.79 Å². The molecule has 0 spiro atoms. The molecule has 0 aliphatic carbocycles. The van der Waals surface area contributed by atoms with Crippen molar-refractivity contribution in [2.24, 2.45) is 5.92 Å². The molecule has 14 heavy (non-hydrogen) atoms. The molecule has 1 atom stereocenters. The first-order valence-electron chi connectivity index (χ1n) is 4.75. The van der Waals surface area contributed by atoms with Crippen molar-refractivity contribution in [1.82, 2.24) is 0 Å². The van der Waals surface area contributed by atoms with E-state index in [1.165, 1.54) is 4.46 Å². The van der Waals surface area contributed by atoms with Gasteiger partial charge in [-0.25, -0.2) is 0 Å². The van der Waals surface area contributed by atoms with E-state index in [1.807, 2.05) is 18.2 Å². The molecule has 0 radical (unpaired) electrons. The number of carbonyl (C=O) groups is 1. The zero-order valence-corrected chi connectivity index (χ0v) is 9.99. The van der Waals surface area contributed by atoms with Crippen molar-refractivity contribution in [3.63, 3.8) is 0 Å². The number of hydrogen-bond donors (Lipinski definition) is 1. The summed E-state index contributed by atoms with van der Waals surface area (Å²) < 4.78 is 1.32. The van der Waals surface area contributed by atoms with Gasteiger partial charge in [0.25, 0.3) is 0 Å². The zero-order valence-electron chi connectivity index (χ0n) is 8.28. The van der Waals surface area contributed by atoms with Gasteiger partial charge < -0.3 is 0 Å². The molecule has 0 saturated carbocycles. The van der Waals surface area contributed by atoms with Gasteiger partial charge in [0, 0.05) is 0 Å². The Bertz CT molecular complexity index is 362. The summed E-state index contributed by atoms with van der Waals surface area (Å²) >= 11 is 0.285. The first-order chi connectivity index (χ1) is 6.68. The molecule has 1 heterocycles. The second kappa shape index (κ2) is 3.76. The Hall–Kier alpha value is -0.791. The first kappa shape index (κ1) is 9.75. The summed E-state index contributed by atoms with van der Waals surface area (Å²) in [5, 5.41) is 2.97. The van der Waals surface area contributed by atoms with E-state index < -0.39 is 0 Å². The van der Waals surface area contributed by atoms with Crippen molar-refractivity contribution in [2.45, 2.75) is 18.7 Å². The summed E-state index contributed by atoms with van der Waals surface area (Å²) in [4.78, 5) is 11.9. The molecular weight excluding hydrogens is 241 g/mol. The van der Waals surface area contributed by atoms with Gasteiger partial charge in [-0.2, -0.15) is 0 Å². The minimum atomic E-state index is 0.192. The average Bonchev–Trinajstić information content (AvgIpc) is 2.16. The molecule has 74 valence electrons. The third kappa shape index (κ3) is 1.70. The first-order valence-corrected chi connectivity index (χ1v) is 6.59. The van der Waals surface area contributed by atoms with Crippen LogP contribution >= 0.6 is 0 Å². The van der Waals surface area contributed by atoms with Crippen LogP contribution in [0.2, 0.25) is 4.82 Å². The number of fused-ring (bicyclic) bond motifs is 1. The molecule has 0 saturated heterocycles. The van der Waals surface area contributed by atoms with Crippen LogP contribution in [0, 0.1) is 5.92 Å². The molecule has 1 amide bonds. The van der Waals surface area contributed by atoms with Gasteiger partial charge in [-0.3, -0.25) is 0 Å². The topological polar surface area (TPSA) is 29.1 Å². The summed E-state index contributed by atoms with van der Waals surface area (Å²) in [6.45, 7) is 4.22. The molecule has 1 aliphatic heterocycles. The molecular formula is C11H13NOSe. The van der Waals surface area contributed by atoms with E-state index in [4.69, 9.17) is 0 Å². The number of hydrogen-bond acceptors (Lipinski definition) is 1. The molecule has 1 unspecified atom stereocenters. The Morgan fingerprint density at radius 2 is 2.07 bits per heavy atom. The molecule has 2 rings (SSSR count). The minimum absolute atomic E-state index is 0.192. The molecule has 1 aromatic rings. The summed E-state index contributed by atoms with van der Waals surface area (Å²) in [6.07, 6.45) is 0. The van der Waals surface area contributed by atoms with Gasteiger partial charge in [0.2, 0.25) is 0 Å². The second-order valence-electron chi connectivity index (χ2n) is 3.77. The Balaban J connectivity index is 2.31. The van der Waals surface area contributed by atoms with E-state index in [-0.39, 0.29) is 25.7 Å². The van der Waals surface area contributed by atoms with Crippen LogP contribution in [0.1, 0.15) is 13.8 Å². The molecule has 0 bridgehead atoms.